The highest BCUT2D eigenvalue weighted by molar-refractivity contribution is 6.09. The molecule has 8 nitrogen and oxygen atoms in total. The maximum atomic E-state index is 13.2. The van der Waals surface area contributed by atoms with Crippen LogP contribution in [0.5, 0.6) is 5.75 Å². The summed E-state index contributed by atoms with van der Waals surface area (Å²) in [6, 6.07) is 16.7. The van der Waals surface area contributed by atoms with E-state index in [-0.39, 0.29) is 12.5 Å². The Morgan fingerprint density at radius 2 is 1.73 bits per heavy atom. The molecule has 1 atom stereocenters. The molecular weight excluding hydrogens is 420 g/mol. The van der Waals surface area contributed by atoms with Gasteiger partial charge in [0, 0.05) is 32.7 Å². The molecule has 2 aliphatic rings. The van der Waals surface area contributed by atoms with E-state index < -0.39 is 17.5 Å². The lowest BCUT2D eigenvalue weighted by atomic mass is 9.92. The van der Waals surface area contributed by atoms with Gasteiger partial charge >= 0.3 is 6.03 Å². The maximum absolute atomic E-state index is 13.2. The van der Waals surface area contributed by atoms with Crippen molar-refractivity contribution < 1.29 is 19.1 Å². The summed E-state index contributed by atoms with van der Waals surface area (Å²) in [5.41, 5.74) is 0.673. The van der Waals surface area contributed by atoms with Gasteiger partial charge in [0.05, 0.1) is 7.11 Å². The van der Waals surface area contributed by atoms with Crippen LogP contribution < -0.4 is 10.1 Å². The number of methoxy groups -OCH3 is 1. The first-order chi connectivity index (χ1) is 15.9. The number of carbonyl (C=O) groups is 3. The minimum atomic E-state index is -1.21. The first-order valence-corrected chi connectivity index (χ1v) is 11.2. The number of benzene rings is 2. The average Bonchev–Trinajstić information content (AvgIpc) is 2.98. The molecule has 2 saturated heterocycles. The predicted octanol–water partition coefficient (Wildman–Crippen LogP) is 2.20. The number of hydrogen-bond acceptors (Lipinski definition) is 5. The van der Waals surface area contributed by atoms with E-state index in [1.807, 2.05) is 18.2 Å². The molecule has 33 heavy (non-hydrogen) atoms. The summed E-state index contributed by atoms with van der Waals surface area (Å²) in [6.45, 7) is 5.09. The van der Waals surface area contributed by atoms with Crippen molar-refractivity contribution in [1.82, 2.24) is 20.0 Å². The van der Waals surface area contributed by atoms with Crippen LogP contribution in [0.15, 0.2) is 54.6 Å². The zero-order valence-electron chi connectivity index (χ0n) is 19.1. The van der Waals surface area contributed by atoms with Crippen LogP contribution in [-0.2, 0) is 21.7 Å². The van der Waals surface area contributed by atoms with E-state index in [0.29, 0.717) is 24.4 Å². The molecule has 0 aliphatic carbocycles. The first-order valence-electron chi connectivity index (χ1n) is 11.2. The van der Waals surface area contributed by atoms with Gasteiger partial charge in [0.2, 0.25) is 5.91 Å². The van der Waals surface area contributed by atoms with Gasteiger partial charge in [0.1, 0.15) is 17.8 Å². The Kier molecular flexibility index (Phi) is 6.65. The van der Waals surface area contributed by atoms with Crippen molar-refractivity contribution >= 4 is 17.8 Å². The van der Waals surface area contributed by atoms with Gasteiger partial charge in [-0.25, -0.2) is 4.79 Å². The minimum absolute atomic E-state index is 0.209. The molecule has 0 saturated carbocycles. The highest BCUT2D eigenvalue weighted by Crippen LogP contribution is 2.30. The highest BCUT2D eigenvalue weighted by atomic mass is 16.5. The number of amides is 4. The SMILES string of the molecule is COc1ccc(C2(C)NC(=O)N(CC(=O)N3CCCN(Cc4ccccc4)CC3)C2=O)cc1. The van der Waals surface area contributed by atoms with Crippen molar-refractivity contribution in [1.29, 1.82) is 0 Å². The molecule has 8 heteroatoms. The van der Waals surface area contributed by atoms with Crippen LogP contribution in [0.4, 0.5) is 4.79 Å². The second kappa shape index (κ2) is 9.62. The summed E-state index contributed by atoms with van der Waals surface area (Å²) in [5, 5.41) is 2.76. The molecule has 0 spiro atoms. The van der Waals surface area contributed by atoms with Gasteiger partial charge in [-0.3, -0.25) is 19.4 Å². The molecule has 0 radical (unpaired) electrons. The van der Waals surface area contributed by atoms with E-state index in [2.05, 4.69) is 22.3 Å². The normalized spacial score (nSPS) is 21.6. The zero-order chi connectivity index (χ0) is 23.4. The Hall–Kier alpha value is -3.39. The molecule has 4 rings (SSSR count). The first kappa shape index (κ1) is 22.8. The zero-order valence-corrected chi connectivity index (χ0v) is 19.1. The Bertz CT molecular complexity index is 1010. The second-order valence-corrected chi connectivity index (χ2v) is 8.67. The van der Waals surface area contributed by atoms with Crippen molar-refractivity contribution in [2.45, 2.75) is 25.4 Å². The van der Waals surface area contributed by atoms with Gasteiger partial charge in [0.25, 0.3) is 5.91 Å². The van der Waals surface area contributed by atoms with Gasteiger partial charge in [-0.2, -0.15) is 0 Å². The Labute approximate surface area is 194 Å². The highest BCUT2D eigenvalue weighted by Gasteiger charge is 2.49. The van der Waals surface area contributed by atoms with E-state index in [1.165, 1.54) is 5.56 Å². The summed E-state index contributed by atoms with van der Waals surface area (Å²) < 4.78 is 5.17. The number of hydrogen-bond donors (Lipinski definition) is 1. The monoisotopic (exact) mass is 450 g/mol. The molecule has 174 valence electrons. The van der Waals surface area contributed by atoms with Crippen LogP contribution in [0.25, 0.3) is 0 Å². The van der Waals surface area contributed by atoms with E-state index in [4.69, 9.17) is 4.74 Å². The van der Waals surface area contributed by atoms with Crippen LogP contribution in [0, 0.1) is 0 Å². The third kappa shape index (κ3) is 4.85. The predicted molar refractivity (Wildman–Crippen MR) is 124 cm³/mol. The largest absolute Gasteiger partial charge is 0.497 e. The smallest absolute Gasteiger partial charge is 0.325 e. The lowest BCUT2D eigenvalue weighted by Crippen LogP contribution is -2.45. The molecule has 2 aromatic carbocycles. The van der Waals surface area contributed by atoms with Crippen LogP contribution in [-0.4, -0.2) is 72.4 Å². The number of imide groups is 1. The minimum Gasteiger partial charge on any atom is -0.497 e. The second-order valence-electron chi connectivity index (χ2n) is 8.67. The fourth-order valence-corrected chi connectivity index (χ4v) is 4.42. The van der Waals surface area contributed by atoms with Gasteiger partial charge < -0.3 is 15.0 Å². The quantitative estimate of drug-likeness (QED) is 0.683. The summed E-state index contributed by atoms with van der Waals surface area (Å²) in [4.78, 5) is 43.9. The topological polar surface area (TPSA) is 82.2 Å². The van der Waals surface area contributed by atoms with Crippen molar-refractivity contribution in [2.75, 3.05) is 39.8 Å². The average molecular weight is 451 g/mol. The lowest BCUT2D eigenvalue weighted by Gasteiger charge is -2.25. The van der Waals surface area contributed by atoms with Crippen LogP contribution in [0.2, 0.25) is 0 Å². The van der Waals surface area contributed by atoms with Crippen LogP contribution >= 0.6 is 0 Å². The summed E-state index contributed by atoms with van der Waals surface area (Å²) in [5.74, 6) is 0.0270. The molecular formula is C25H30N4O4. The molecule has 4 amide bonds. The summed E-state index contributed by atoms with van der Waals surface area (Å²) in [6.07, 6.45) is 0.849. The third-order valence-electron chi connectivity index (χ3n) is 6.43. The number of ether oxygens (including phenoxy) is 1. The van der Waals surface area contributed by atoms with E-state index >= 15 is 0 Å². The Morgan fingerprint density at radius 3 is 2.42 bits per heavy atom. The van der Waals surface area contributed by atoms with Gasteiger partial charge in [0.15, 0.2) is 0 Å². The van der Waals surface area contributed by atoms with Crippen LogP contribution in [0.1, 0.15) is 24.5 Å². The van der Waals surface area contributed by atoms with E-state index in [1.54, 1.807) is 43.2 Å². The molecule has 2 fully saturated rings. The molecule has 2 aromatic rings. The number of nitrogens with one attached hydrogen (secondary N) is 1. The molecule has 2 heterocycles. The Balaban J connectivity index is 1.37. The number of carbonyl (C=O) groups excluding carboxylic acids is 3. The van der Waals surface area contributed by atoms with Crippen molar-refractivity contribution in [3.63, 3.8) is 0 Å². The molecule has 1 unspecified atom stereocenters. The summed E-state index contributed by atoms with van der Waals surface area (Å²) >= 11 is 0. The molecule has 2 aliphatic heterocycles. The number of rotatable bonds is 6. The number of urea groups is 1. The molecule has 0 aromatic heterocycles. The lowest BCUT2D eigenvalue weighted by molar-refractivity contribution is -0.138. The van der Waals surface area contributed by atoms with E-state index in [0.717, 1.165) is 31.0 Å². The standard InChI is InChI=1S/C25H30N4O4/c1-25(20-9-11-21(33-2)12-10-20)23(31)29(24(32)26-25)18-22(30)28-14-6-13-27(15-16-28)17-19-7-4-3-5-8-19/h3-5,7-12H,6,13-18H2,1-2H3,(H,26,32). The van der Waals surface area contributed by atoms with Gasteiger partial charge in [-0.15, -0.1) is 0 Å². The Morgan fingerprint density at radius 1 is 1.00 bits per heavy atom. The molecule has 1 N–H and O–H groups in total. The van der Waals surface area contributed by atoms with Crippen molar-refractivity contribution in [2.24, 2.45) is 0 Å². The van der Waals surface area contributed by atoms with Crippen LogP contribution in [0.3, 0.4) is 0 Å². The summed E-state index contributed by atoms with van der Waals surface area (Å²) in [7, 11) is 1.57. The fraction of sp³-hybridized carbons (Fsp3) is 0.400. The fourth-order valence-electron chi connectivity index (χ4n) is 4.42. The maximum Gasteiger partial charge on any atom is 0.325 e. The van der Waals surface area contributed by atoms with Crippen molar-refractivity contribution in [3.05, 3.63) is 65.7 Å². The molecule has 0 bridgehead atoms. The van der Waals surface area contributed by atoms with Gasteiger partial charge in [-0.1, -0.05) is 42.5 Å². The van der Waals surface area contributed by atoms with Gasteiger partial charge in [-0.05, 0) is 36.6 Å². The van der Waals surface area contributed by atoms with E-state index in [9.17, 15) is 14.4 Å². The third-order valence-corrected chi connectivity index (χ3v) is 6.43. The number of nitrogens with zero attached hydrogens (tertiary/aromatic N) is 3. The van der Waals surface area contributed by atoms with Crippen molar-refractivity contribution in [3.8, 4) is 5.75 Å².